The van der Waals surface area contributed by atoms with Gasteiger partial charge in [0.2, 0.25) is 0 Å². The molecule has 0 radical (unpaired) electrons. The van der Waals surface area contributed by atoms with Crippen molar-refractivity contribution in [1.29, 1.82) is 0 Å². The number of nitrogens with zero attached hydrogens (tertiary/aromatic N) is 4. The maximum absolute atomic E-state index is 13.2. The summed E-state index contributed by atoms with van der Waals surface area (Å²) in [6, 6.07) is 17.3. The largest absolute Gasteiger partial charge is 0.416 e. The van der Waals surface area contributed by atoms with E-state index in [1.54, 1.807) is 0 Å². The molecule has 0 bridgehead atoms. The number of alkyl halides is 6. The van der Waals surface area contributed by atoms with Crippen molar-refractivity contribution >= 4 is 22.6 Å². The van der Waals surface area contributed by atoms with Crippen LogP contribution in [0.3, 0.4) is 0 Å². The highest BCUT2D eigenvalue weighted by Crippen LogP contribution is 2.36. The fourth-order valence-corrected chi connectivity index (χ4v) is 5.00. The van der Waals surface area contributed by atoms with Gasteiger partial charge in [-0.15, -0.1) is 0 Å². The lowest BCUT2D eigenvalue weighted by atomic mass is 10.0. The van der Waals surface area contributed by atoms with Crippen LogP contribution in [0.1, 0.15) is 28.1 Å². The molecular formula is C28H25ClF6N4. The predicted octanol–water partition coefficient (Wildman–Crippen LogP) is 7.09. The number of aromatic nitrogens is 2. The zero-order valence-electron chi connectivity index (χ0n) is 20.7. The molecule has 1 saturated heterocycles. The van der Waals surface area contributed by atoms with Crippen molar-refractivity contribution < 1.29 is 26.3 Å². The van der Waals surface area contributed by atoms with E-state index in [0.717, 1.165) is 34.6 Å². The Labute approximate surface area is 226 Å². The Kier molecular flexibility index (Phi) is 7.63. The molecule has 3 aromatic carbocycles. The van der Waals surface area contributed by atoms with Crippen molar-refractivity contribution in [3.8, 4) is 0 Å². The van der Waals surface area contributed by atoms with Crippen LogP contribution in [-0.4, -0.2) is 45.5 Å². The summed E-state index contributed by atoms with van der Waals surface area (Å²) in [7, 11) is 0. The Balaban J connectivity index is 1.28. The summed E-state index contributed by atoms with van der Waals surface area (Å²) < 4.78 is 81.6. The Bertz CT molecular complexity index is 1410. The average molecular weight is 567 g/mol. The van der Waals surface area contributed by atoms with Gasteiger partial charge in [-0.05, 0) is 53.6 Å². The molecule has 0 N–H and O–H groups in total. The second-order valence-corrected chi connectivity index (χ2v) is 10.1. The molecule has 5 rings (SSSR count). The van der Waals surface area contributed by atoms with Crippen LogP contribution in [0.15, 0.2) is 66.7 Å². The minimum atomic E-state index is -4.85. The van der Waals surface area contributed by atoms with Crippen molar-refractivity contribution in [1.82, 2.24) is 19.4 Å². The zero-order chi connectivity index (χ0) is 27.8. The molecule has 4 aromatic rings. The second kappa shape index (κ2) is 10.8. The number of fused-ring (bicyclic) bond motifs is 1. The summed E-state index contributed by atoms with van der Waals surface area (Å²) in [6.45, 7) is 3.42. The number of benzene rings is 3. The number of para-hydroxylation sites is 2. The lowest BCUT2D eigenvalue weighted by molar-refractivity contribution is -0.143. The molecule has 0 amide bonds. The van der Waals surface area contributed by atoms with Crippen LogP contribution in [0.4, 0.5) is 26.3 Å². The molecular weight excluding hydrogens is 542 g/mol. The van der Waals surface area contributed by atoms with Crippen LogP contribution >= 0.6 is 11.6 Å². The highest BCUT2D eigenvalue weighted by atomic mass is 35.5. The Morgan fingerprint density at radius 2 is 1.23 bits per heavy atom. The van der Waals surface area contributed by atoms with Crippen LogP contribution < -0.4 is 0 Å². The summed E-state index contributed by atoms with van der Waals surface area (Å²) in [6.07, 6.45) is -9.71. The molecule has 0 unspecified atom stereocenters. The van der Waals surface area contributed by atoms with Gasteiger partial charge in [0.05, 0.1) is 28.7 Å². The monoisotopic (exact) mass is 566 g/mol. The number of hydrogen-bond acceptors (Lipinski definition) is 3. The van der Waals surface area contributed by atoms with Gasteiger partial charge in [0.1, 0.15) is 5.82 Å². The molecule has 1 aliphatic rings. The van der Waals surface area contributed by atoms with Gasteiger partial charge in [0.15, 0.2) is 0 Å². The number of halogens is 7. The summed E-state index contributed by atoms with van der Waals surface area (Å²) in [5.41, 5.74) is 0.385. The minimum Gasteiger partial charge on any atom is -0.322 e. The average Bonchev–Trinajstić information content (AvgIpc) is 3.22. The molecule has 1 fully saturated rings. The summed E-state index contributed by atoms with van der Waals surface area (Å²) in [5.74, 6) is 0.882. The fraction of sp³-hybridized carbons (Fsp3) is 0.321. The van der Waals surface area contributed by atoms with Gasteiger partial charge < -0.3 is 4.57 Å². The van der Waals surface area contributed by atoms with Crippen molar-refractivity contribution in [2.24, 2.45) is 0 Å². The first-order chi connectivity index (χ1) is 18.5. The maximum atomic E-state index is 13.2. The zero-order valence-corrected chi connectivity index (χ0v) is 21.5. The van der Waals surface area contributed by atoms with E-state index in [4.69, 9.17) is 16.6 Å². The first-order valence-corrected chi connectivity index (χ1v) is 12.8. The molecule has 39 heavy (non-hydrogen) atoms. The molecule has 206 valence electrons. The molecule has 2 heterocycles. The molecule has 11 heteroatoms. The maximum Gasteiger partial charge on any atom is 0.416 e. The molecule has 1 aromatic heterocycles. The number of rotatable bonds is 6. The Morgan fingerprint density at radius 3 is 1.82 bits per heavy atom. The van der Waals surface area contributed by atoms with Gasteiger partial charge >= 0.3 is 12.4 Å². The first kappa shape index (κ1) is 27.5. The van der Waals surface area contributed by atoms with E-state index in [-0.39, 0.29) is 18.2 Å². The van der Waals surface area contributed by atoms with E-state index in [2.05, 4.69) is 9.47 Å². The predicted molar refractivity (Wildman–Crippen MR) is 137 cm³/mol. The van der Waals surface area contributed by atoms with Crippen molar-refractivity contribution in [3.63, 3.8) is 0 Å². The van der Waals surface area contributed by atoms with E-state index in [1.165, 1.54) is 0 Å². The second-order valence-electron chi connectivity index (χ2n) is 9.70. The number of piperazine rings is 1. The molecule has 0 saturated carbocycles. The molecule has 1 aliphatic heterocycles. The van der Waals surface area contributed by atoms with E-state index in [0.29, 0.717) is 44.3 Å². The summed E-state index contributed by atoms with van der Waals surface area (Å²) in [4.78, 5) is 8.92. The lowest BCUT2D eigenvalue weighted by Gasteiger charge is -2.34. The van der Waals surface area contributed by atoms with Crippen LogP contribution in [0, 0.1) is 0 Å². The SMILES string of the molecule is FC(F)(F)c1cc(CN2CCN(Cc3nc4ccccc4n3Cc3ccc(Cl)cc3)CC2)cc(C(F)(F)F)c1. The standard InChI is InChI=1S/C28H25ClF6N4/c29-23-7-5-19(6-8-23)17-39-25-4-2-1-3-24(25)36-26(39)18-38-11-9-37(10-12-38)16-20-13-21(27(30,31)32)15-22(14-20)28(33,34)35/h1-8,13-15H,9-12,16-18H2. The normalized spacial score (nSPS) is 15.8. The van der Waals surface area contributed by atoms with Gasteiger partial charge in [0.25, 0.3) is 0 Å². The molecule has 4 nitrogen and oxygen atoms in total. The summed E-state index contributed by atoms with van der Waals surface area (Å²) >= 11 is 6.04. The smallest absolute Gasteiger partial charge is 0.322 e. The van der Waals surface area contributed by atoms with E-state index in [1.807, 2.05) is 53.4 Å². The summed E-state index contributed by atoms with van der Waals surface area (Å²) in [5, 5.41) is 0.659. The van der Waals surface area contributed by atoms with Crippen LogP contribution in [0.25, 0.3) is 11.0 Å². The molecule has 0 atom stereocenters. The van der Waals surface area contributed by atoms with Gasteiger partial charge in [0, 0.05) is 44.3 Å². The Morgan fingerprint density at radius 1 is 0.667 bits per heavy atom. The van der Waals surface area contributed by atoms with E-state index >= 15 is 0 Å². The third kappa shape index (κ3) is 6.57. The molecule has 0 aliphatic carbocycles. The first-order valence-electron chi connectivity index (χ1n) is 12.4. The van der Waals surface area contributed by atoms with Gasteiger partial charge in [-0.25, -0.2) is 4.98 Å². The lowest BCUT2D eigenvalue weighted by Crippen LogP contribution is -2.45. The van der Waals surface area contributed by atoms with Crippen molar-refractivity contribution in [2.45, 2.75) is 32.0 Å². The highest BCUT2D eigenvalue weighted by molar-refractivity contribution is 6.30. The third-order valence-electron chi connectivity index (χ3n) is 6.87. The van der Waals surface area contributed by atoms with Gasteiger partial charge in [-0.2, -0.15) is 26.3 Å². The minimum absolute atomic E-state index is 0.00430. The highest BCUT2D eigenvalue weighted by Gasteiger charge is 2.37. The van der Waals surface area contributed by atoms with Crippen LogP contribution in [0.2, 0.25) is 5.02 Å². The van der Waals surface area contributed by atoms with Gasteiger partial charge in [-0.1, -0.05) is 35.9 Å². The molecule has 0 spiro atoms. The van der Waals surface area contributed by atoms with Gasteiger partial charge in [-0.3, -0.25) is 9.80 Å². The van der Waals surface area contributed by atoms with E-state index in [9.17, 15) is 26.3 Å². The van der Waals surface area contributed by atoms with Crippen molar-refractivity contribution in [3.05, 3.63) is 99.8 Å². The number of hydrogen-bond donors (Lipinski definition) is 0. The van der Waals surface area contributed by atoms with Crippen LogP contribution in [0.5, 0.6) is 0 Å². The van der Waals surface area contributed by atoms with Crippen LogP contribution in [-0.2, 0) is 32.0 Å². The fourth-order valence-electron chi connectivity index (χ4n) is 4.87. The topological polar surface area (TPSA) is 24.3 Å². The van der Waals surface area contributed by atoms with Crippen molar-refractivity contribution in [2.75, 3.05) is 26.2 Å². The number of imidazole rings is 1. The third-order valence-corrected chi connectivity index (χ3v) is 7.12. The quantitative estimate of drug-likeness (QED) is 0.233. The van der Waals surface area contributed by atoms with E-state index < -0.39 is 23.5 Å². The Hall–Kier alpha value is -3.08.